The lowest BCUT2D eigenvalue weighted by molar-refractivity contribution is -0.117. The summed E-state index contributed by atoms with van der Waals surface area (Å²) in [6, 6.07) is 11.6. The molecule has 0 bridgehead atoms. The second-order valence-electron chi connectivity index (χ2n) is 5.07. The first-order valence-corrected chi connectivity index (χ1v) is 7.98. The van der Waals surface area contributed by atoms with Crippen LogP contribution in [0.4, 0.5) is 0 Å². The molecule has 110 valence electrons. The topological polar surface area (TPSA) is 77.2 Å². The fourth-order valence-electron chi connectivity index (χ4n) is 2.14. The molecule has 0 fully saturated rings. The molecule has 0 atom stereocenters. The molecule has 0 saturated heterocycles. The number of sulfone groups is 1. The van der Waals surface area contributed by atoms with Crippen LogP contribution in [0.2, 0.25) is 0 Å². The Balaban J connectivity index is 2.59. The Morgan fingerprint density at radius 3 is 2.14 bits per heavy atom. The number of amides is 1. The molecule has 0 unspecified atom stereocenters. The fourth-order valence-corrected chi connectivity index (χ4v) is 3.61. The monoisotopic (exact) mass is 303 g/mol. The van der Waals surface area contributed by atoms with Gasteiger partial charge in [-0.15, -0.1) is 0 Å². The van der Waals surface area contributed by atoms with E-state index in [2.05, 4.69) is 0 Å². The lowest BCUT2D eigenvalue weighted by Crippen LogP contribution is -2.16. The molecule has 0 radical (unpaired) electrons. The maximum absolute atomic E-state index is 12.7. The van der Waals surface area contributed by atoms with Crippen LogP contribution < -0.4 is 5.73 Å². The number of hydrogen-bond acceptors (Lipinski definition) is 3. The molecular weight excluding hydrogens is 286 g/mol. The van der Waals surface area contributed by atoms with E-state index < -0.39 is 15.7 Å². The average molecular weight is 303 g/mol. The molecular formula is C16H17NO3S. The summed E-state index contributed by atoms with van der Waals surface area (Å²) in [5.74, 6) is -0.555. The van der Waals surface area contributed by atoms with Gasteiger partial charge in [0.2, 0.25) is 15.7 Å². The van der Waals surface area contributed by atoms with E-state index in [1.54, 1.807) is 36.4 Å². The molecule has 0 aliphatic heterocycles. The van der Waals surface area contributed by atoms with Crippen LogP contribution in [0.15, 0.2) is 52.3 Å². The molecule has 5 heteroatoms. The van der Waals surface area contributed by atoms with E-state index >= 15 is 0 Å². The molecule has 4 nitrogen and oxygen atoms in total. The van der Waals surface area contributed by atoms with Gasteiger partial charge in [-0.25, -0.2) is 8.42 Å². The summed E-state index contributed by atoms with van der Waals surface area (Å²) < 4.78 is 25.4. The van der Waals surface area contributed by atoms with E-state index in [-0.39, 0.29) is 16.2 Å². The van der Waals surface area contributed by atoms with Crippen molar-refractivity contribution in [3.05, 3.63) is 59.2 Å². The van der Waals surface area contributed by atoms with Crippen molar-refractivity contribution >= 4 is 15.7 Å². The normalized spacial score (nSPS) is 11.3. The van der Waals surface area contributed by atoms with Crippen LogP contribution >= 0.6 is 0 Å². The number of aryl methyl sites for hydroxylation is 2. The van der Waals surface area contributed by atoms with E-state index in [9.17, 15) is 13.2 Å². The maximum atomic E-state index is 12.7. The van der Waals surface area contributed by atoms with Gasteiger partial charge >= 0.3 is 0 Å². The largest absolute Gasteiger partial charge is 0.369 e. The van der Waals surface area contributed by atoms with Crippen molar-refractivity contribution in [2.45, 2.75) is 30.1 Å². The Labute approximate surface area is 124 Å². The zero-order valence-corrected chi connectivity index (χ0v) is 12.8. The molecule has 21 heavy (non-hydrogen) atoms. The van der Waals surface area contributed by atoms with E-state index in [1.165, 1.54) is 6.07 Å². The molecule has 1 amide bonds. The summed E-state index contributed by atoms with van der Waals surface area (Å²) in [6.07, 6.45) is -0.0951. The number of carbonyl (C=O) groups is 1. The summed E-state index contributed by atoms with van der Waals surface area (Å²) in [5, 5.41) is 0. The molecule has 0 spiro atoms. The summed E-state index contributed by atoms with van der Waals surface area (Å²) in [4.78, 5) is 11.5. The van der Waals surface area contributed by atoms with Crippen LogP contribution in [0.1, 0.15) is 16.7 Å². The van der Waals surface area contributed by atoms with Crippen LogP contribution in [0, 0.1) is 13.8 Å². The van der Waals surface area contributed by atoms with E-state index in [1.807, 2.05) is 13.8 Å². The van der Waals surface area contributed by atoms with Gasteiger partial charge < -0.3 is 5.73 Å². The molecule has 2 N–H and O–H groups in total. The van der Waals surface area contributed by atoms with E-state index in [0.717, 1.165) is 11.1 Å². The van der Waals surface area contributed by atoms with Crippen molar-refractivity contribution in [2.75, 3.05) is 0 Å². The van der Waals surface area contributed by atoms with Gasteiger partial charge in [0.25, 0.3) is 0 Å². The van der Waals surface area contributed by atoms with Gasteiger partial charge in [-0.3, -0.25) is 4.79 Å². The van der Waals surface area contributed by atoms with Gasteiger partial charge in [0.1, 0.15) is 0 Å². The first-order valence-electron chi connectivity index (χ1n) is 6.50. The van der Waals surface area contributed by atoms with Crippen molar-refractivity contribution in [2.24, 2.45) is 5.73 Å². The van der Waals surface area contributed by atoms with Crippen LogP contribution in [-0.4, -0.2) is 14.3 Å². The minimum Gasteiger partial charge on any atom is -0.369 e. The lowest BCUT2D eigenvalue weighted by Gasteiger charge is -2.11. The predicted octanol–water partition coefficient (Wildman–Crippen LogP) is 2.16. The number of hydrogen-bond donors (Lipinski definition) is 1. The smallest absolute Gasteiger partial charge is 0.221 e. The van der Waals surface area contributed by atoms with E-state index in [4.69, 9.17) is 5.73 Å². The number of nitrogens with two attached hydrogens (primary N) is 1. The van der Waals surface area contributed by atoms with Gasteiger partial charge in [-0.05, 0) is 37.6 Å². The van der Waals surface area contributed by atoms with Crippen molar-refractivity contribution in [3.63, 3.8) is 0 Å². The molecule has 2 aromatic rings. The third-order valence-corrected chi connectivity index (χ3v) is 5.07. The third kappa shape index (κ3) is 3.31. The average Bonchev–Trinajstić information content (AvgIpc) is 2.38. The molecule has 0 aromatic heterocycles. The van der Waals surface area contributed by atoms with Gasteiger partial charge in [0.15, 0.2) is 0 Å². The number of benzene rings is 2. The first-order chi connectivity index (χ1) is 9.80. The Morgan fingerprint density at radius 1 is 1.00 bits per heavy atom. The quantitative estimate of drug-likeness (QED) is 0.940. The maximum Gasteiger partial charge on any atom is 0.221 e. The van der Waals surface area contributed by atoms with Crippen molar-refractivity contribution in [1.82, 2.24) is 0 Å². The molecule has 2 aromatic carbocycles. The van der Waals surface area contributed by atoms with Gasteiger partial charge in [0.05, 0.1) is 16.2 Å². The van der Waals surface area contributed by atoms with Crippen LogP contribution in [0.3, 0.4) is 0 Å². The minimum absolute atomic E-state index is 0.0951. The summed E-state index contributed by atoms with van der Waals surface area (Å²) in [5.41, 5.74) is 7.51. The second kappa shape index (κ2) is 5.69. The van der Waals surface area contributed by atoms with Gasteiger partial charge in [-0.1, -0.05) is 35.4 Å². The fraction of sp³-hybridized carbons (Fsp3) is 0.188. The third-order valence-electron chi connectivity index (χ3n) is 3.20. The zero-order valence-electron chi connectivity index (χ0n) is 12.0. The summed E-state index contributed by atoms with van der Waals surface area (Å²) in [7, 11) is -3.66. The SMILES string of the molecule is Cc1ccc(S(=O)(=O)c2ccc(C)cc2CC(N)=O)cc1. The summed E-state index contributed by atoms with van der Waals surface area (Å²) >= 11 is 0. The predicted molar refractivity (Wildman–Crippen MR) is 80.7 cm³/mol. The molecule has 2 rings (SSSR count). The van der Waals surface area contributed by atoms with Gasteiger partial charge in [0, 0.05) is 0 Å². The van der Waals surface area contributed by atoms with Crippen LogP contribution in [0.25, 0.3) is 0 Å². The highest BCUT2D eigenvalue weighted by atomic mass is 32.2. The number of primary amides is 1. The van der Waals surface area contributed by atoms with Crippen molar-refractivity contribution in [3.8, 4) is 0 Å². The Bertz CT molecular complexity index is 778. The second-order valence-corrected chi connectivity index (χ2v) is 6.99. The standard InChI is InChI=1S/C16H17NO3S/c1-11-3-6-14(7-4-11)21(19,20)15-8-5-12(2)9-13(15)10-16(17)18/h3-9H,10H2,1-2H3,(H2,17,18). The Morgan fingerprint density at radius 2 is 1.57 bits per heavy atom. The first kappa shape index (κ1) is 15.3. The molecule has 0 aliphatic rings. The number of rotatable bonds is 4. The number of carbonyl (C=O) groups excluding carboxylic acids is 1. The minimum atomic E-state index is -3.66. The van der Waals surface area contributed by atoms with Crippen LogP contribution in [-0.2, 0) is 21.1 Å². The molecule has 0 aliphatic carbocycles. The highest BCUT2D eigenvalue weighted by molar-refractivity contribution is 7.91. The Kier molecular flexibility index (Phi) is 4.14. The van der Waals surface area contributed by atoms with Gasteiger partial charge in [-0.2, -0.15) is 0 Å². The zero-order chi connectivity index (χ0) is 15.6. The summed E-state index contributed by atoms with van der Waals surface area (Å²) in [6.45, 7) is 3.73. The van der Waals surface area contributed by atoms with Crippen molar-refractivity contribution < 1.29 is 13.2 Å². The Hall–Kier alpha value is -2.14. The molecule has 0 heterocycles. The highest BCUT2D eigenvalue weighted by Gasteiger charge is 2.21. The van der Waals surface area contributed by atoms with Crippen LogP contribution in [0.5, 0.6) is 0 Å². The van der Waals surface area contributed by atoms with Crippen molar-refractivity contribution in [1.29, 1.82) is 0 Å². The molecule has 0 saturated carbocycles. The highest BCUT2D eigenvalue weighted by Crippen LogP contribution is 2.25. The van der Waals surface area contributed by atoms with E-state index in [0.29, 0.717) is 5.56 Å². The lowest BCUT2D eigenvalue weighted by atomic mass is 10.1.